The first-order valence-electron chi connectivity index (χ1n) is 8.62. The van der Waals surface area contributed by atoms with Crippen molar-refractivity contribution in [2.45, 2.75) is 26.4 Å². The lowest BCUT2D eigenvalue weighted by atomic mass is 10.1. The number of imidazole rings is 1. The highest BCUT2D eigenvalue weighted by Gasteiger charge is 2.23. The molecule has 0 saturated heterocycles. The topological polar surface area (TPSA) is 70.4 Å². The van der Waals surface area contributed by atoms with E-state index in [2.05, 4.69) is 11.5 Å². The number of carbonyl (C=O) groups excluding carboxylic acids is 1. The van der Waals surface area contributed by atoms with Crippen LogP contribution in [0, 0.1) is 0 Å². The Kier molecular flexibility index (Phi) is 6.85. The molecule has 0 spiro atoms. The van der Waals surface area contributed by atoms with Gasteiger partial charge in [0.05, 0.1) is 20.8 Å². The molecule has 0 aliphatic heterocycles. The summed E-state index contributed by atoms with van der Waals surface area (Å²) in [6, 6.07) is 13.1. The number of aryl methyl sites for hydroxylation is 1. The smallest absolute Gasteiger partial charge is 0.356 e. The molecule has 7 heteroatoms. The van der Waals surface area contributed by atoms with Crippen molar-refractivity contribution in [3.63, 3.8) is 0 Å². The first-order valence-corrected chi connectivity index (χ1v) is 8.62. The van der Waals surface area contributed by atoms with Crippen molar-refractivity contribution in [2.24, 2.45) is 0 Å². The summed E-state index contributed by atoms with van der Waals surface area (Å²) in [6.45, 7) is 3.08. The molecule has 0 saturated carbocycles. The van der Waals surface area contributed by atoms with Crippen LogP contribution in [-0.2, 0) is 13.1 Å². The minimum absolute atomic E-state index is 0. The summed E-state index contributed by atoms with van der Waals surface area (Å²) < 4.78 is 14.4. The average molecular weight is 435 g/mol. The lowest BCUT2D eigenvalue weighted by molar-refractivity contribution is -0.642. The summed E-state index contributed by atoms with van der Waals surface area (Å²) >= 11 is 0. The Bertz CT molecular complexity index is 953. The molecule has 0 fully saturated rings. The Morgan fingerprint density at radius 3 is 2.48 bits per heavy atom. The van der Waals surface area contributed by atoms with Gasteiger partial charge < -0.3 is 9.47 Å². The highest BCUT2D eigenvalue weighted by atomic mass is 79.9. The number of hydrogen-bond acceptors (Lipinski definition) is 4. The van der Waals surface area contributed by atoms with Crippen molar-refractivity contribution in [3.8, 4) is 11.5 Å². The van der Waals surface area contributed by atoms with Crippen molar-refractivity contribution in [1.29, 1.82) is 0 Å². The predicted octanol–water partition coefficient (Wildman–Crippen LogP) is 3.40. The molecule has 0 atom stereocenters. The number of nitrogen functional groups attached to an aromatic ring is 1. The number of para-hydroxylation sites is 2. The van der Waals surface area contributed by atoms with Crippen LogP contribution in [-0.4, -0.2) is 24.6 Å². The molecule has 27 heavy (non-hydrogen) atoms. The van der Waals surface area contributed by atoms with Crippen LogP contribution >= 0.6 is 17.0 Å². The van der Waals surface area contributed by atoms with E-state index < -0.39 is 0 Å². The molecule has 0 amide bonds. The molecule has 0 bridgehead atoms. The molecule has 0 unspecified atom stereocenters. The highest BCUT2D eigenvalue weighted by Crippen LogP contribution is 2.28. The van der Waals surface area contributed by atoms with Gasteiger partial charge in [-0.1, -0.05) is 19.1 Å². The van der Waals surface area contributed by atoms with Crippen LogP contribution in [0.4, 0.5) is 5.95 Å². The molecule has 1 heterocycles. The van der Waals surface area contributed by atoms with Crippen molar-refractivity contribution in [1.82, 2.24) is 4.57 Å². The van der Waals surface area contributed by atoms with Crippen LogP contribution in [0.15, 0.2) is 42.5 Å². The van der Waals surface area contributed by atoms with Crippen LogP contribution in [0.2, 0.25) is 0 Å². The van der Waals surface area contributed by atoms with E-state index in [0.29, 0.717) is 23.0 Å². The third-order valence-corrected chi connectivity index (χ3v) is 4.47. The number of nitrogens with two attached hydrogens (primary N) is 1. The maximum atomic E-state index is 12.9. The van der Waals surface area contributed by atoms with Crippen molar-refractivity contribution in [3.05, 3.63) is 48.0 Å². The fraction of sp³-hybridized carbons (Fsp3) is 0.300. The summed E-state index contributed by atoms with van der Waals surface area (Å²) in [4.78, 5) is 12.9. The molecule has 1 aromatic heterocycles. The van der Waals surface area contributed by atoms with E-state index in [4.69, 9.17) is 15.2 Å². The van der Waals surface area contributed by atoms with Gasteiger partial charge in [-0.2, -0.15) is 0 Å². The maximum absolute atomic E-state index is 12.9. The number of fused-ring (bicyclic) bond motifs is 1. The molecule has 3 rings (SSSR count). The van der Waals surface area contributed by atoms with Crippen molar-refractivity contribution < 1.29 is 18.8 Å². The number of carbonyl (C=O) groups is 1. The maximum Gasteiger partial charge on any atom is 0.356 e. The number of rotatable bonds is 7. The second kappa shape index (κ2) is 8.90. The minimum Gasteiger partial charge on any atom is -0.493 e. The van der Waals surface area contributed by atoms with Crippen molar-refractivity contribution >= 4 is 39.7 Å². The first kappa shape index (κ1) is 20.8. The van der Waals surface area contributed by atoms with Crippen LogP contribution in [0.5, 0.6) is 11.5 Å². The van der Waals surface area contributed by atoms with Gasteiger partial charge in [-0.15, -0.1) is 17.0 Å². The Hall–Kier alpha value is -2.54. The highest BCUT2D eigenvalue weighted by molar-refractivity contribution is 8.93. The van der Waals surface area contributed by atoms with Gasteiger partial charge >= 0.3 is 5.95 Å². The molecule has 6 nitrogen and oxygen atoms in total. The number of nitrogens with zero attached hydrogens (tertiary/aromatic N) is 2. The van der Waals surface area contributed by atoms with Crippen LogP contribution in [0.1, 0.15) is 23.7 Å². The van der Waals surface area contributed by atoms with E-state index in [1.165, 1.54) is 0 Å². The number of halogens is 1. The van der Waals surface area contributed by atoms with Gasteiger partial charge in [0.2, 0.25) is 0 Å². The number of hydrogen-bond donors (Lipinski definition) is 1. The zero-order valence-corrected chi connectivity index (χ0v) is 17.5. The predicted molar refractivity (Wildman–Crippen MR) is 111 cm³/mol. The quantitative estimate of drug-likeness (QED) is 0.456. The van der Waals surface area contributed by atoms with E-state index in [9.17, 15) is 4.79 Å². The van der Waals surface area contributed by atoms with E-state index in [1.54, 1.807) is 32.4 Å². The second-order valence-corrected chi connectivity index (χ2v) is 6.08. The van der Waals surface area contributed by atoms with Crippen LogP contribution in [0.25, 0.3) is 11.0 Å². The molecule has 144 valence electrons. The van der Waals surface area contributed by atoms with E-state index in [0.717, 1.165) is 24.0 Å². The van der Waals surface area contributed by atoms with Crippen LogP contribution in [0.3, 0.4) is 0 Å². The number of anilines is 1. The number of aromatic nitrogens is 2. The zero-order valence-electron chi connectivity index (χ0n) is 15.8. The Morgan fingerprint density at radius 2 is 1.81 bits per heavy atom. The largest absolute Gasteiger partial charge is 0.493 e. The second-order valence-electron chi connectivity index (χ2n) is 6.08. The summed E-state index contributed by atoms with van der Waals surface area (Å²) in [5, 5.41) is 0. The van der Waals surface area contributed by atoms with Gasteiger partial charge in [0.25, 0.3) is 0 Å². The number of ketones is 1. The monoisotopic (exact) mass is 434 g/mol. The SMILES string of the molecule is Br.CCCn1c(N)[n+](CC(=O)c2ccc(OC)c(OC)c2)c2ccccc21. The molecule has 0 aliphatic rings. The molecular formula is C20H25BrN3O3+. The Morgan fingerprint density at radius 1 is 1.11 bits per heavy atom. The molecule has 2 aromatic carbocycles. The summed E-state index contributed by atoms with van der Waals surface area (Å²) in [6.07, 6.45) is 0.965. The molecule has 3 aromatic rings. The minimum atomic E-state index is -0.0398. The van der Waals surface area contributed by atoms with E-state index in [-0.39, 0.29) is 29.3 Å². The summed E-state index contributed by atoms with van der Waals surface area (Å²) in [7, 11) is 3.12. The number of benzene rings is 2. The lowest BCUT2D eigenvalue weighted by Crippen LogP contribution is -2.40. The van der Waals surface area contributed by atoms with E-state index in [1.807, 2.05) is 28.8 Å². The Labute approximate surface area is 169 Å². The molecule has 0 radical (unpaired) electrons. The van der Waals surface area contributed by atoms with Gasteiger partial charge in [0, 0.05) is 5.56 Å². The number of Topliss-reactive ketones (excluding diaryl/α,β-unsaturated/α-hetero) is 1. The number of methoxy groups -OCH3 is 2. The zero-order chi connectivity index (χ0) is 18.7. The third kappa shape index (κ3) is 3.93. The molecular weight excluding hydrogens is 410 g/mol. The summed E-state index contributed by atoms with van der Waals surface area (Å²) in [5.41, 5.74) is 8.90. The van der Waals surface area contributed by atoms with E-state index >= 15 is 0 Å². The Balaban J connectivity index is 0.00000261. The van der Waals surface area contributed by atoms with Crippen molar-refractivity contribution in [2.75, 3.05) is 20.0 Å². The molecule has 0 aliphatic carbocycles. The van der Waals surface area contributed by atoms with Gasteiger partial charge in [-0.25, -0.2) is 9.13 Å². The third-order valence-electron chi connectivity index (χ3n) is 4.47. The number of ether oxygens (including phenoxy) is 2. The van der Waals surface area contributed by atoms with Gasteiger partial charge in [0.1, 0.15) is 17.6 Å². The van der Waals surface area contributed by atoms with Gasteiger partial charge in [0.15, 0.2) is 17.3 Å². The summed E-state index contributed by atoms with van der Waals surface area (Å²) in [5.74, 6) is 1.67. The average Bonchev–Trinajstić information content (AvgIpc) is 2.93. The fourth-order valence-electron chi connectivity index (χ4n) is 3.18. The fourth-order valence-corrected chi connectivity index (χ4v) is 3.18. The lowest BCUT2D eigenvalue weighted by Gasteiger charge is -2.09. The standard InChI is InChI=1S/C20H23N3O3.BrH/c1-4-11-22-15-7-5-6-8-16(15)23(20(22)21)13-17(24)14-9-10-18(25-2)19(12-14)26-3;/h5-10,12,21H,4,11,13H2,1-3H3;1H/p+1. The van der Waals surface area contributed by atoms with Crippen LogP contribution < -0.4 is 19.8 Å². The van der Waals surface area contributed by atoms with Gasteiger partial charge in [-0.05, 0) is 36.8 Å². The van der Waals surface area contributed by atoms with Gasteiger partial charge in [-0.3, -0.25) is 10.5 Å². The molecule has 2 N–H and O–H groups in total. The first-order chi connectivity index (χ1) is 12.6. The normalized spacial score (nSPS) is 10.5.